The smallest absolute Gasteiger partial charge is 0.235 e. The molecule has 0 N–H and O–H groups in total. The molecule has 61 heavy (non-hydrogen) atoms. The first-order chi connectivity index (χ1) is 30.3. The van der Waals surface area contributed by atoms with Crippen LogP contribution in [0.1, 0.15) is 44.5 Å². The minimum Gasteiger partial charge on any atom is -0.278 e. The van der Waals surface area contributed by atoms with Crippen LogP contribution in [-0.4, -0.2) is 14.5 Å². The Balaban J connectivity index is 1.13. The Labute approximate surface area is 352 Å². The van der Waals surface area contributed by atoms with Crippen LogP contribution in [0.5, 0.6) is 0 Å². The van der Waals surface area contributed by atoms with Gasteiger partial charge in [-0.25, -0.2) is 9.97 Å². The summed E-state index contributed by atoms with van der Waals surface area (Å²) in [6.07, 6.45) is 0. The summed E-state index contributed by atoms with van der Waals surface area (Å²) in [4.78, 5) is 10.8. The number of nitrogens with zero attached hydrogens (tertiary/aromatic N) is 3. The summed E-state index contributed by atoms with van der Waals surface area (Å²) in [6.45, 7) is 0. The summed E-state index contributed by atoms with van der Waals surface area (Å²) in [7, 11) is 0. The van der Waals surface area contributed by atoms with Crippen LogP contribution in [0.2, 0.25) is 0 Å². The average molecular weight is 774 g/mol. The Kier molecular flexibility index (Phi) is 6.42. The molecular weight excluding hydrogens is 739 g/mol. The van der Waals surface area contributed by atoms with Gasteiger partial charge in [-0.05, 0) is 91.0 Å². The van der Waals surface area contributed by atoms with E-state index in [0.717, 1.165) is 33.2 Å². The van der Waals surface area contributed by atoms with E-state index >= 15 is 0 Å². The van der Waals surface area contributed by atoms with Crippen LogP contribution in [-0.2, 0) is 10.8 Å². The van der Waals surface area contributed by atoms with Crippen LogP contribution >= 0.6 is 0 Å². The predicted molar refractivity (Wildman–Crippen MR) is 247 cm³/mol. The highest BCUT2D eigenvalue weighted by Crippen LogP contribution is 2.67. The Morgan fingerprint density at radius 3 is 1.38 bits per heavy atom. The van der Waals surface area contributed by atoms with E-state index in [1.807, 2.05) is 0 Å². The highest BCUT2D eigenvalue weighted by atomic mass is 15.2. The molecule has 11 aromatic rings. The van der Waals surface area contributed by atoms with E-state index in [0.29, 0.717) is 5.95 Å². The first-order valence-electron chi connectivity index (χ1n) is 21.2. The number of fused-ring (bicyclic) bond motifs is 20. The predicted octanol–water partition coefficient (Wildman–Crippen LogP) is 13.4. The second kappa shape index (κ2) is 11.9. The Morgan fingerprint density at radius 1 is 0.311 bits per heavy atom. The minimum absolute atomic E-state index is 0.491. The summed E-state index contributed by atoms with van der Waals surface area (Å²) >= 11 is 0. The second-order valence-corrected chi connectivity index (χ2v) is 16.8. The largest absolute Gasteiger partial charge is 0.278 e. The van der Waals surface area contributed by atoms with Crippen molar-refractivity contribution >= 4 is 32.7 Å². The third-order valence-corrected chi connectivity index (χ3v) is 14.1. The monoisotopic (exact) mass is 773 g/mol. The molecule has 0 atom stereocenters. The van der Waals surface area contributed by atoms with Gasteiger partial charge in [-0.3, -0.25) is 4.57 Å². The zero-order valence-electron chi connectivity index (χ0n) is 33.0. The number of benzene rings is 9. The molecule has 0 unspecified atom stereocenters. The molecule has 3 nitrogen and oxygen atoms in total. The normalized spacial score (nSPS) is 14.5. The van der Waals surface area contributed by atoms with Crippen molar-refractivity contribution in [2.45, 2.75) is 10.8 Å². The zero-order valence-corrected chi connectivity index (χ0v) is 33.0. The van der Waals surface area contributed by atoms with Gasteiger partial charge < -0.3 is 0 Å². The fourth-order valence-electron chi connectivity index (χ4n) is 11.9. The van der Waals surface area contributed by atoms with Crippen LogP contribution in [0.25, 0.3) is 72.2 Å². The van der Waals surface area contributed by atoms with Crippen molar-refractivity contribution in [2.75, 3.05) is 0 Å². The van der Waals surface area contributed by atoms with Gasteiger partial charge in [0.05, 0.1) is 33.1 Å². The lowest BCUT2D eigenvalue weighted by atomic mass is 9.52. The van der Waals surface area contributed by atoms with E-state index in [4.69, 9.17) is 9.97 Å². The number of rotatable bonds is 2. The zero-order chi connectivity index (χ0) is 39.9. The van der Waals surface area contributed by atoms with E-state index in [2.05, 4.69) is 217 Å². The topological polar surface area (TPSA) is 30.7 Å². The van der Waals surface area contributed by atoms with Gasteiger partial charge in [-0.15, -0.1) is 0 Å². The molecule has 2 aromatic heterocycles. The molecule has 0 fully saturated rings. The number of para-hydroxylation sites is 2. The van der Waals surface area contributed by atoms with E-state index < -0.39 is 10.8 Å². The molecule has 0 aliphatic heterocycles. The van der Waals surface area contributed by atoms with Gasteiger partial charge in [0.15, 0.2) is 0 Å². The van der Waals surface area contributed by atoms with Gasteiger partial charge in [0.2, 0.25) is 5.95 Å². The maximum absolute atomic E-state index is 5.47. The molecular formula is C58H35N3. The SMILES string of the molecule is c1ccc(-c2nc(-n3c4ccccc4c4cc5c(cc43)C3(c4ccccc4-5)c4ccccc4C4(c5ccccc5-c5ccccc54)c4ccccc43)nc3ccccc23)cc1. The van der Waals surface area contributed by atoms with Crippen LogP contribution < -0.4 is 0 Å². The molecule has 3 aliphatic carbocycles. The van der Waals surface area contributed by atoms with Crippen LogP contribution in [0.3, 0.4) is 0 Å². The molecule has 2 spiro atoms. The molecule has 0 saturated heterocycles. The van der Waals surface area contributed by atoms with Crippen molar-refractivity contribution in [1.29, 1.82) is 0 Å². The fourth-order valence-corrected chi connectivity index (χ4v) is 11.9. The maximum Gasteiger partial charge on any atom is 0.235 e. The molecule has 3 aliphatic rings. The van der Waals surface area contributed by atoms with Gasteiger partial charge in [-0.2, -0.15) is 0 Å². The van der Waals surface area contributed by atoms with Crippen molar-refractivity contribution in [1.82, 2.24) is 14.5 Å². The van der Waals surface area contributed by atoms with E-state index in [1.54, 1.807) is 0 Å². The van der Waals surface area contributed by atoms with E-state index in [-0.39, 0.29) is 0 Å². The average Bonchev–Trinajstić information content (AvgIpc) is 3.92. The lowest BCUT2D eigenvalue weighted by molar-refractivity contribution is 0.633. The molecule has 0 amide bonds. The molecule has 0 radical (unpaired) electrons. The van der Waals surface area contributed by atoms with E-state index in [1.165, 1.54) is 77.5 Å². The minimum atomic E-state index is -0.605. The Bertz CT molecular complexity index is 3570. The summed E-state index contributed by atoms with van der Waals surface area (Å²) in [5.41, 5.74) is 19.7. The number of hydrogen-bond donors (Lipinski definition) is 0. The summed E-state index contributed by atoms with van der Waals surface area (Å²) < 4.78 is 2.31. The van der Waals surface area contributed by atoms with Crippen molar-refractivity contribution in [3.05, 3.63) is 257 Å². The van der Waals surface area contributed by atoms with Crippen molar-refractivity contribution in [3.63, 3.8) is 0 Å². The van der Waals surface area contributed by atoms with Gasteiger partial charge in [-0.1, -0.05) is 188 Å². The molecule has 0 saturated carbocycles. The second-order valence-electron chi connectivity index (χ2n) is 16.8. The molecule has 14 rings (SSSR count). The van der Waals surface area contributed by atoms with E-state index in [9.17, 15) is 0 Å². The maximum atomic E-state index is 5.47. The van der Waals surface area contributed by atoms with Gasteiger partial charge in [0.1, 0.15) is 0 Å². The van der Waals surface area contributed by atoms with Crippen LogP contribution in [0, 0.1) is 0 Å². The first kappa shape index (κ1) is 33.0. The summed E-state index contributed by atoms with van der Waals surface area (Å²) in [6, 6.07) is 78.6. The third kappa shape index (κ3) is 3.99. The van der Waals surface area contributed by atoms with Crippen LogP contribution in [0.4, 0.5) is 0 Å². The highest BCUT2D eigenvalue weighted by molar-refractivity contribution is 6.12. The third-order valence-electron chi connectivity index (χ3n) is 14.1. The van der Waals surface area contributed by atoms with Crippen molar-refractivity contribution in [3.8, 4) is 39.5 Å². The van der Waals surface area contributed by atoms with Crippen molar-refractivity contribution < 1.29 is 0 Å². The molecule has 9 aromatic carbocycles. The lowest BCUT2D eigenvalue weighted by Crippen LogP contribution is -2.43. The summed E-state index contributed by atoms with van der Waals surface area (Å²) in [5, 5.41) is 3.40. The van der Waals surface area contributed by atoms with Gasteiger partial charge >= 0.3 is 0 Å². The highest BCUT2D eigenvalue weighted by Gasteiger charge is 2.59. The lowest BCUT2D eigenvalue weighted by Gasteiger charge is -2.48. The van der Waals surface area contributed by atoms with Crippen LogP contribution in [0.15, 0.2) is 212 Å². The van der Waals surface area contributed by atoms with Gasteiger partial charge in [0, 0.05) is 21.7 Å². The van der Waals surface area contributed by atoms with Gasteiger partial charge in [0.25, 0.3) is 0 Å². The summed E-state index contributed by atoms with van der Waals surface area (Å²) in [5.74, 6) is 0.663. The molecule has 2 heterocycles. The standard InChI is InChI=1S/C58H35N3/c1-2-18-36(19-3-1)55-41-24-7-16-32-52(41)59-56(60-55)61-53-33-17-8-23-40(53)43-34-42-39-22-6-11-27-46(39)58(51(42)35-54(43)61)49-30-14-12-28-47(49)57(48-29-13-15-31-50(48)58)44-25-9-4-20-37(44)38-21-5-10-26-45(38)57/h1-35H. The Morgan fingerprint density at radius 2 is 0.770 bits per heavy atom. The number of aromatic nitrogens is 3. The van der Waals surface area contributed by atoms with Crippen molar-refractivity contribution in [2.24, 2.45) is 0 Å². The quantitative estimate of drug-likeness (QED) is 0.175. The first-order valence-corrected chi connectivity index (χ1v) is 21.2. The molecule has 3 heteroatoms. The fraction of sp³-hybridized carbons (Fsp3) is 0.0345. The Hall–Kier alpha value is -7.88. The molecule has 0 bridgehead atoms. The molecule has 282 valence electrons. The number of hydrogen-bond acceptors (Lipinski definition) is 2.